The summed E-state index contributed by atoms with van der Waals surface area (Å²) in [6, 6.07) is -0.567. The molecule has 0 saturated carbocycles. The van der Waals surface area contributed by atoms with Crippen LogP contribution in [0.5, 0.6) is 0 Å². The second-order valence-corrected chi connectivity index (χ2v) is 5.88. The minimum absolute atomic E-state index is 0.0297. The largest absolute Gasteiger partial charge is 0.481 e. The van der Waals surface area contributed by atoms with Gasteiger partial charge in [-0.3, -0.25) is 14.4 Å². The number of carbonyl (C=O) groups is 3. The van der Waals surface area contributed by atoms with Crippen molar-refractivity contribution in [3.63, 3.8) is 0 Å². The van der Waals surface area contributed by atoms with Crippen molar-refractivity contribution >= 4 is 29.5 Å². The minimum atomic E-state index is -1.11. The molecule has 2 amide bonds. The Morgan fingerprint density at radius 1 is 1.63 bits per heavy atom. The minimum Gasteiger partial charge on any atom is -0.481 e. The summed E-state index contributed by atoms with van der Waals surface area (Å²) in [6.45, 7) is 1.77. The van der Waals surface area contributed by atoms with E-state index in [1.807, 2.05) is 0 Å². The van der Waals surface area contributed by atoms with Gasteiger partial charge in [-0.2, -0.15) is 0 Å². The number of rotatable bonds is 4. The number of carboxylic acid groups (broad SMARTS) is 1. The van der Waals surface area contributed by atoms with E-state index < -0.39 is 17.4 Å². The van der Waals surface area contributed by atoms with E-state index in [2.05, 4.69) is 5.32 Å². The molecule has 0 spiro atoms. The van der Waals surface area contributed by atoms with Gasteiger partial charge in [0.1, 0.15) is 12.0 Å². The molecule has 0 aromatic rings. The second kappa shape index (κ2) is 5.38. The van der Waals surface area contributed by atoms with E-state index in [4.69, 9.17) is 4.74 Å². The van der Waals surface area contributed by atoms with Gasteiger partial charge in [-0.1, -0.05) is 0 Å². The number of hydrogen-bond acceptors (Lipinski definition) is 5. The van der Waals surface area contributed by atoms with Gasteiger partial charge in [0.15, 0.2) is 0 Å². The highest BCUT2D eigenvalue weighted by atomic mass is 32.2. The topological polar surface area (TPSA) is 95.9 Å². The van der Waals surface area contributed by atoms with E-state index in [-0.39, 0.29) is 31.6 Å². The number of nitrogens with zero attached hydrogens (tertiary/aromatic N) is 1. The van der Waals surface area contributed by atoms with Crippen molar-refractivity contribution in [2.75, 3.05) is 31.4 Å². The Labute approximate surface area is 114 Å². The van der Waals surface area contributed by atoms with Gasteiger partial charge in [-0.15, -0.1) is 11.8 Å². The van der Waals surface area contributed by atoms with Crippen LogP contribution in [0.25, 0.3) is 0 Å². The average molecular weight is 288 g/mol. The summed E-state index contributed by atoms with van der Waals surface area (Å²) in [5.74, 6) is -0.512. The molecular weight excluding hydrogens is 272 g/mol. The summed E-state index contributed by atoms with van der Waals surface area (Å²) in [4.78, 5) is 35.9. The molecule has 2 saturated heterocycles. The van der Waals surface area contributed by atoms with Crippen molar-refractivity contribution in [1.29, 1.82) is 0 Å². The van der Waals surface area contributed by atoms with Crippen LogP contribution in [0.1, 0.15) is 6.92 Å². The quantitative estimate of drug-likeness (QED) is 0.698. The molecule has 2 rings (SSSR count). The molecule has 2 atom stereocenters. The SMILES string of the molecule is CC1(C(=O)O)COCC1NC(=O)CN1CSCC1=O. The van der Waals surface area contributed by atoms with E-state index in [1.165, 1.54) is 16.7 Å². The van der Waals surface area contributed by atoms with E-state index in [9.17, 15) is 19.5 Å². The fourth-order valence-electron chi connectivity index (χ4n) is 2.04. The molecule has 8 heteroatoms. The van der Waals surface area contributed by atoms with Gasteiger partial charge in [0.2, 0.25) is 11.8 Å². The number of nitrogens with one attached hydrogen (secondary N) is 1. The predicted molar refractivity (Wildman–Crippen MR) is 67.5 cm³/mol. The van der Waals surface area contributed by atoms with Crippen molar-refractivity contribution in [3.8, 4) is 0 Å². The molecule has 0 radical (unpaired) electrons. The molecule has 19 heavy (non-hydrogen) atoms. The lowest BCUT2D eigenvalue weighted by atomic mass is 9.85. The third-order valence-corrected chi connectivity index (χ3v) is 4.38. The van der Waals surface area contributed by atoms with E-state index >= 15 is 0 Å². The normalized spacial score (nSPS) is 30.7. The Kier molecular flexibility index (Phi) is 4.00. The van der Waals surface area contributed by atoms with Crippen LogP contribution in [0.3, 0.4) is 0 Å². The zero-order valence-electron chi connectivity index (χ0n) is 10.5. The molecule has 0 aromatic carbocycles. The maximum atomic E-state index is 11.8. The van der Waals surface area contributed by atoms with Gasteiger partial charge in [0.25, 0.3) is 0 Å². The first kappa shape index (κ1) is 14.1. The molecule has 2 unspecified atom stereocenters. The zero-order valence-corrected chi connectivity index (χ0v) is 11.4. The van der Waals surface area contributed by atoms with Crippen molar-refractivity contribution in [2.24, 2.45) is 5.41 Å². The fourth-order valence-corrected chi connectivity index (χ4v) is 2.94. The third-order valence-electron chi connectivity index (χ3n) is 3.44. The monoisotopic (exact) mass is 288 g/mol. The Morgan fingerprint density at radius 3 is 2.95 bits per heavy atom. The van der Waals surface area contributed by atoms with Gasteiger partial charge in [0.05, 0.1) is 30.9 Å². The van der Waals surface area contributed by atoms with Gasteiger partial charge in [0, 0.05) is 0 Å². The number of thioether (sulfide) groups is 1. The first-order valence-electron chi connectivity index (χ1n) is 5.89. The van der Waals surface area contributed by atoms with Gasteiger partial charge < -0.3 is 20.1 Å². The summed E-state index contributed by atoms with van der Waals surface area (Å²) < 4.78 is 5.15. The molecule has 2 heterocycles. The molecule has 7 nitrogen and oxygen atoms in total. The summed E-state index contributed by atoms with van der Waals surface area (Å²) in [5.41, 5.74) is -1.11. The third kappa shape index (κ3) is 2.84. The maximum Gasteiger partial charge on any atom is 0.313 e. The van der Waals surface area contributed by atoms with Crippen LogP contribution in [0.4, 0.5) is 0 Å². The van der Waals surface area contributed by atoms with Crippen LogP contribution in [-0.4, -0.2) is 65.2 Å². The first-order chi connectivity index (χ1) is 8.93. The smallest absolute Gasteiger partial charge is 0.313 e. The molecule has 0 aromatic heterocycles. The summed E-state index contributed by atoms with van der Waals surface area (Å²) in [5, 5.41) is 11.8. The Morgan fingerprint density at radius 2 is 2.37 bits per heavy atom. The van der Waals surface area contributed by atoms with Crippen LogP contribution in [0, 0.1) is 5.41 Å². The summed E-state index contributed by atoms with van der Waals surface area (Å²) in [6.07, 6.45) is 0. The highest BCUT2D eigenvalue weighted by Crippen LogP contribution is 2.28. The fraction of sp³-hybridized carbons (Fsp3) is 0.727. The van der Waals surface area contributed by atoms with Crippen LogP contribution in [0.15, 0.2) is 0 Å². The highest BCUT2D eigenvalue weighted by Gasteiger charge is 2.47. The second-order valence-electron chi connectivity index (χ2n) is 4.93. The van der Waals surface area contributed by atoms with Gasteiger partial charge in [-0.25, -0.2) is 0 Å². The van der Waals surface area contributed by atoms with Gasteiger partial charge in [-0.05, 0) is 6.92 Å². The lowest BCUT2D eigenvalue weighted by Crippen LogP contribution is -2.52. The predicted octanol–water partition coefficient (Wildman–Crippen LogP) is -0.875. The Hall–Kier alpha value is -1.28. The van der Waals surface area contributed by atoms with Crippen molar-refractivity contribution in [1.82, 2.24) is 10.2 Å². The highest BCUT2D eigenvalue weighted by molar-refractivity contribution is 8.00. The van der Waals surface area contributed by atoms with E-state index in [1.54, 1.807) is 6.92 Å². The molecule has 106 valence electrons. The van der Waals surface area contributed by atoms with Crippen LogP contribution in [0.2, 0.25) is 0 Å². The average Bonchev–Trinajstić information content (AvgIpc) is 2.88. The summed E-state index contributed by atoms with van der Waals surface area (Å²) >= 11 is 1.46. The number of amides is 2. The number of aliphatic carboxylic acids is 1. The van der Waals surface area contributed by atoms with Crippen molar-refractivity contribution in [2.45, 2.75) is 13.0 Å². The molecule has 2 aliphatic rings. The van der Waals surface area contributed by atoms with E-state index in [0.29, 0.717) is 11.6 Å². The summed E-state index contributed by atoms with van der Waals surface area (Å²) in [7, 11) is 0. The first-order valence-corrected chi connectivity index (χ1v) is 7.05. The number of ether oxygens (including phenoxy) is 1. The number of hydrogen-bond donors (Lipinski definition) is 2. The maximum absolute atomic E-state index is 11.8. The molecule has 0 aliphatic carbocycles. The van der Waals surface area contributed by atoms with Crippen LogP contribution >= 0.6 is 11.8 Å². The molecule has 0 bridgehead atoms. The standard InChI is InChI=1S/C11H16N2O5S/c1-11(10(16)17)5-18-3-7(11)12-8(14)2-13-6-19-4-9(13)15/h7H,2-6H2,1H3,(H,12,14)(H,16,17). The zero-order chi connectivity index (χ0) is 14.0. The van der Waals surface area contributed by atoms with Crippen LogP contribution < -0.4 is 5.32 Å². The molecule has 2 aliphatic heterocycles. The number of carboxylic acids is 1. The van der Waals surface area contributed by atoms with Crippen LogP contribution in [-0.2, 0) is 19.1 Å². The lowest BCUT2D eigenvalue weighted by Gasteiger charge is -2.26. The lowest BCUT2D eigenvalue weighted by molar-refractivity contribution is -0.149. The molecular formula is C11H16N2O5S. The molecule has 2 fully saturated rings. The van der Waals surface area contributed by atoms with Crippen molar-refractivity contribution in [3.05, 3.63) is 0 Å². The van der Waals surface area contributed by atoms with Crippen molar-refractivity contribution < 1.29 is 24.2 Å². The Balaban J connectivity index is 1.91. The Bertz CT molecular complexity index is 416. The molecule has 2 N–H and O–H groups in total. The van der Waals surface area contributed by atoms with E-state index in [0.717, 1.165) is 0 Å². The number of carbonyl (C=O) groups excluding carboxylic acids is 2. The van der Waals surface area contributed by atoms with Gasteiger partial charge >= 0.3 is 5.97 Å².